The molecular formula is H6N2O7PdS2. The van der Waals surface area contributed by atoms with Gasteiger partial charge in [-0.05, 0) is 0 Å². The Labute approximate surface area is 77.7 Å². The van der Waals surface area contributed by atoms with Crippen LogP contribution in [0.5, 0.6) is 0 Å². The summed E-state index contributed by atoms with van der Waals surface area (Å²) < 4.78 is 64.9. The summed E-state index contributed by atoms with van der Waals surface area (Å²) in [4.78, 5) is 0. The third-order valence-corrected chi connectivity index (χ3v) is 1.55. The average Bonchev–Trinajstić information content (AvgIpc) is 1.53. The summed E-state index contributed by atoms with van der Waals surface area (Å²) in [5, 5.41) is 0. The van der Waals surface area contributed by atoms with Crippen LogP contribution in [0.15, 0.2) is 0 Å². The molecule has 0 unspecified atom stereocenters. The van der Waals surface area contributed by atoms with Gasteiger partial charge in [-0.2, -0.15) is 16.8 Å². The van der Waals surface area contributed by atoms with Crippen molar-refractivity contribution >= 4 is 20.8 Å². The summed E-state index contributed by atoms with van der Waals surface area (Å²) in [5.41, 5.74) is 0. The van der Waals surface area contributed by atoms with Crippen molar-refractivity contribution in [1.82, 2.24) is 0 Å². The molecule has 0 aliphatic rings. The van der Waals surface area contributed by atoms with Gasteiger partial charge < -0.3 is 0 Å². The van der Waals surface area contributed by atoms with Crippen LogP contribution in [0.25, 0.3) is 0 Å². The molecule has 0 heterocycles. The molecule has 0 saturated heterocycles. The normalized spacial score (nSPS) is 12.0. The summed E-state index contributed by atoms with van der Waals surface area (Å²) >= 11 is -0.0500. The third kappa shape index (κ3) is 22.4. The van der Waals surface area contributed by atoms with Gasteiger partial charge in [0.1, 0.15) is 0 Å². The molecule has 6 N–H and O–H groups in total. The molecule has 0 saturated carbocycles. The first-order chi connectivity index (χ1) is 5.12. The van der Waals surface area contributed by atoms with Crippen molar-refractivity contribution in [3.05, 3.63) is 0 Å². The Morgan fingerprint density at radius 1 is 1.00 bits per heavy atom. The molecule has 0 aromatic heterocycles. The molecule has 0 aromatic carbocycles. The van der Waals surface area contributed by atoms with E-state index < -0.39 is 20.8 Å². The Morgan fingerprint density at radius 3 is 1.17 bits per heavy atom. The van der Waals surface area contributed by atoms with E-state index in [1.807, 2.05) is 0 Å². The fourth-order valence-corrected chi connectivity index (χ4v) is 0.978. The molecule has 0 aromatic rings. The zero-order valence-corrected chi connectivity index (χ0v) is 8.41. The van der Waals surface area contributed by atoms with Gasteiger partial charge in [0.2, 0.25) is 0 Å². The van der Waals surface area contributed by atoms with Gasteiger partial charge in [0.05, 0.1) is 0 Å². The van der Waals surface area contributed by atoms with Crippen molar-refractivity contribution in [3.63, 3.8) is 0 Å². The fourth-order valence-electron chi connectivity index (χ4n) is 0.109. The number of rotatable bonds is 2. The van der Waals surface area contributed by atoms with Crippen LogP contribution in [0.4, 0.5) is 0 Å². The second kappa shape index (κ2) is 5.91. The van der Waals surface area contributed by atoms with Crippen LogP contribution in [0.2, 0.25) is 0 Å². The molecular weight excluding hydrogens is 311 g/mol. The maximum absolute atomic E-state index is 9.44. The van der Waals surface area contributed by atoms with Crippen LogP contribution >= 0.6 is 0 Å². The van der Waals surface area contributed by atoms with E-state index in [-0.39, 0.29) is 18.5 Å². The minimum absolute atomic E-state index is 0.0500. The van der Waals surface area contributed by atoms with Crippen LogP contribution in [-0.2, 0) is 42.9 Å². The number of nitrogens with two attached hydrogens (primary N) is 2. The number of hydrogen-bond acceptors (Lipinski definition) is 7. The van der Waals surface area contributed by atoms with E-state index in [9.17, 15) is 16.8 Å². The van der Waals surface area contributed by atoms with Crippen molar-refractivity contribution in [3.8, 4) is 0 Å². The number of hydrogen-bond donors (Lipinski definition) is 4. The van der Waals surface area contributed by atoms with Crippen LogP contribution in [-0.4, -0.2) is 25.9 Å². The van der Waals surface area contributed by atoms with Crippen molar-refractivity contribution in [2.75, 3.05) is 0 Å². The fraction of sp³-hybridized carbons (Fsp3) is 0. The van der Waals surface area contributed by atoms with E-state index in [4.69, 9.17) is 9.11 Å². The molecule has 0 aliphatic heterocycles. The molecule has 12 heteroatoms. The van der Waals surface area contributed by atoms with Crippen molar-refractivity contribution in [2.24, 2.45) is 8.73 Å². The molecule has 12 heavy (non-hydrogen) atoms. The quantitative estimate of drug-likeness (QED) is 0.315. The van der Waals surface area contributed by atoms with Gasteiger partial charge in [-0.3, -0.25) is 9.11 Å². The molecule has 0 rings (SSSR count). The summed E-state index contributed by atoms with van der Waals surface area (Å²) in [6, 6.07) is 0. The maximum atomic E-state index is 9.44. The first-order valence-corrected chi connectivity index (χ1v) is 6.26. The molecule has 0 atom stereocenters. The Hall–Kier alpha value is 0.362. The molecule has 0 bridgehead atoms. The predicted octanol–water partition coefficient (Wildman–Crippen LogP) is -2.58. The van der Waals surface area contributed by atoms with Crippen LogP contribution < -0.4 is 8.73 Å². The Kier molecular flexibility index (Phi) is 7.33. The molecule has 0 fully saturated rings. The van der Waals surface area contributed by atoms with Gasteiger partial charge in [0, 0.05) is 0 Å². The van der Waals surface area contributed by atoms with E-state index in [1.165, 1.54) is 0 Å². The monoisotopic (exact) mass is 316 g/mol. The Balaban J connectivity index is 0. The van der Waals surface area contributed by atoms with Crippen molar-refractivity contribution in [1.29, 1.82) is 0 Å². The van der Waals surface area contributed by atoms with E-state index in [0.717, 1.165) is 0 Å². The zero-order chi connectivity index (χ0) is 10.4. The van der Waals surface area contributed by atoms with E-state index in [1.54, 1.807) is 0 Å². The van der Waals surface area contributed by atoms with Gasteiger partial charge in [0.15, 0.2) is 0 Å². The van der Waals surface area contributed by atoms with Gasteiger partial charge >= 0.3 is 48.0 Å². The first kappa shape index (κ1) is 14.9. The molecule has 0 radical (unpaired) electrons. The molecule has 9 nitrogen and oxygen atoms in total. The topological polar surface area (TPSA) is 170 Å². The van der Waals surface area contributed by atoms with Crippen LogP contribution in [0.1, 0.15) is 0 Å². The Bertz CT molecular complexity index is 257. The molecule has 0 aliphatic carbocycles. The minimum atomic E-state index is -5.12. The van der Waals surface area contributed by atoms with Crippen molar-refractivity contribution < 1.29 is 48.0 Å². The second-order valence-electron chi connectivity index (χ2n) is 1.03. The zero-order valence-electron chi connectivity index (χ0n) is 5.22. The summed E-state index contributed by atoms with van der Waals surface area (Å²) in [6.45, 7) is 0. The first-order valence-electron chi connectivity index (χ1n) is 1.73. The van der Waals surface area contributed by atoms with Gasteiger partial charge in [-0.1, -0.05) is 0 Å². The van der Waals surface area contributed by atoms with Crippen LogP contribution in [0.3, 0.4) is 0 Å². The molecule has 0 spiro atoms. The van der Waals surface area contributed by atoms with Crippen LogP contribution in [0, 0.1) is 0 Å². The third-order valence-electron chi connectivity index (χ3n) is 0.172. The summed E-state index contributed by atoms with van der Waals surface area (Å²) in [5.74, 6) is 0. The Morgan fingerprint density at radius 2 is 1.17 bits per heavy atom. The van der Waals surface area contributed by atoms with Gasteiger partial charge in [0.25, 0.3) is 0 Å². The van der Waals surface area contributed by atoms with Crippen molar-refractivity contribution in [2.45, 2.75) is 0 Å². The molecule has 0 amide bonds. The van der Waals surface area contributed by atoms with Gasteiger partial charge in [-0.25, -0.2) is 0 Å². The second-order valence-corrected chi connectivity index (χ2v) is 3.80. The molecule has 80 valence electrons. The predicted molar refractivity (Wildman–Crippen MR) is 32.6 cm³/mol. The SMILES string of the molecule is O=S(=O)(O)OS(=O)(=O)O.[NH2][Pd][NH2]. The van der Waals surface area contributed by atoms with E-state index >= 15 is 0 Å². The van der Waals surface area contributed by atoms with Gasteiger partial charge in [-0.15, -0.1) is 3.63 Å². The average molecular weight is 317 g/mol. The van der Waals surface area contributed by atoms with E-state index in [2.05, 4.69) is 12.4 Å². The standard InChI is InChI=1S/2H2N.H2O7S2.Pd/c;;1-8(2,3)7-9(4,5)6;/h2*1H2;(H,1,2,3)(H,4,5,6);/q2*-1;;+2. The summed E-state index contributed by atoms with van der Waals surface area (Å²) in [7, 11) is -10.2. The van der Waals surface area contributed by atoms with E-state index in [0.29, 0.717) is 0 Å². The summed E-state index contributed by atoms with van der Waals surface area (Å²) in [6.07, 6.45) is 0.